The molecule has 0 aliphatic rings. The van der Waals surface area contributed by atoms with Crippen LogP contribution in [0, 0.1) is 13.8 Å². The average Bonchev–Trinajstić information content (AvgIpc) is 2.58. The maximum Gasteiger partial charge on any atom is 0.243 e. The first-order valence-corrected chi connectivity index (χ1v) is 7.91. The van der Waals surface area contributed by atoms with Gasteiger partial charge in [0.05, 0.1) is 13.2 Å². The zero-order valence-corrected chi connectivity index (χ0v) is 14.4. The number of amides is 1. The Hall–Kier alpha value is -2.53. The molecule has 2 rings (SSSR count). The van der Waals surface area contributed by atoms with Gasteiger partial charge >= 0.3 is 0 Å². The minimum absolute atomic E-state index is 0.0960. The van der Waals surface area contributed by atoms with Crippen LogP contribution >= 0.6 is 0 Å². The van der Waals surface area contributed by atoms with Gasteiger partial charge in [0.2, 0.25) is 5.91 Å². The van der Waals surface area contributed by atoms with Crippen LogP contribution in [0.5, 0.6) is 5.75 Å². The van der Waals surface area contributed by atoms with Gasteiger partial charge in [-0.25, -0.2) is 0 Å². The van der Waals surface area contributed by atoms with Crippen molar-refractivity contribution in [3.05, 3.63) is 53.6 Å². The Bertz CT molecular complexity index is 669. The molecule has 1 amide bonds. The number of aryl methyl sites for hydroxylation is 2. The van der Waals surface area contributed by atoms with E-state index in [2.05, 4.69) is 24.5 Å². The Balaban J connectivity index is 1.80. The van der Waals surface area contributed by atoms with E-state index in [0.717, 1.165) is 17.1 Å². The lowest BCUT2D eigenvalue weighted by molar-refractivity contribution is -0.114. The van der Waals surface area contributed by atoms with Crippen LogP contribution in [0.1, 0.15) is 11.1 Å². The zero-order chi connectivity index (χ0) is 17.4. The molecule has 128 valence electrons. The van der Waals surface area contributed by atoms with E-state index in [1.54, 1.807) is 7.11 Å². The minimum atomic E-state index is -0.0960. The highest BCUT2D eigenvalue weighted by Crippen LogP contribution is 2.16. The SMILES string of the molecule is COCCOc1ccc(NC(=O)CNc2ccc(C)c(C)c2)cc1. The number of rotatable bonds is 8. The number of carbonyl (C=O) groups excluding carboxylic acids is 1. The number of benzene rings is 2. The van der Waals surface area contributed by atoms with Gasteiger partial charge in [-0.05, 0) is 61.4 Å². The van der Waals surface area contributed by atoms with Gasteiger partial charge in [-0.3, -0.25) is 4.79 Å². The highest BCUT2D eigenvalue weighted by atomic mass is 16.5. The normalized spacial score (nSPS) is 10.3. The van der Waals surface area contributed by atoms with Gasteiger partial charge in [-0.2, -0.15) is 0 Å². The lowest BCUT2D eigenvalue weighted by Gasteiger charge is -2.10. The molecule has 0 spiro atoms. The van der Waals surface area contributed by atoms with Crippen LogP contribution in [0.3, 0.4) is 0 Å². The predicted molar refractivity (Wildman–Crippen MR) is 96.8 cm³/mol. The first-order valence-electron chi connectivity index (χ1n) is 7.91. The second-order valence-corrected chi connectivity index (χ2v) is 5.57. The second kappa shape index (κ2) is 8.93. The van der Waals surface area contributed by atoms with Crippen LogP contribution in [0.2, 0.25) is 0 Å². The number of nitrogens with one attached hydrogen (secondary N) is 2. The Labute approximate surface area is 143 Å². The molecule has 0 aromatic heterocycles. The Morgan fingerprint density at radius 2 is 1.67 bits per heavy atom. The van der Waals surface area contributed by atoms with E-state index in [0.29, 0.717) is 13.2 Å². The fraction of sp³-hybridized carbons (Fsp3) is 0.316. The van der Waals surface area contributed by atoms with Crippen molar-refractivity contribution in [3.8, 4) is 5.75 Å². The molecule has 0 saturated heterocycles. The van der Waals surface area contributed by atoms with Gasteiger partial charge in [-0.15, -0.1) is 0 Å². The molecule has 5 heteroatoms. The van der Waals surface area contributed by atoms with Crippen LogP contribution in [0.25, 0.3) is 0 Å². The predicted octanol–water partition coefficient (Wildman–Crippen LogP) is 3.38. The first kappa shape index (κ1) is 17.8. The molecule has 2 aromatic carbocycles. The Kier molecular flexibility index (Phi) is 6.63. The summed E-state index contributed by atoms with van der Waals surface area (Å²) in [6, 6.07) is 13.3. The molecule has 2 N–H and O–H groups in total. The Morgan fingerprint density at radius 3 is 2.33 bits per heavy atom. The van der Waals surface area contributed by atoms with Crippen LogP contribution in [0.4, 0.5) is 11.4 Å². The molecule has 2 aromatic rings. The van der Waals surface area contributed by atoms with Gasteiger partial charge in [0.15, 0.2) is 0 Å². The van der Waals surface area contributed by atoms with Crippen molar-refractivity contribution in [2.75, 3.05) is 37.5 Å². The molecular weight excluding hydrogens is 304 g/mol. The molecule has 0 unspecified atom stereocenters. The highest BCUT2D eigenvalue weighted by molar-refractivity contribution is 5.93. The number of hydrogen-bond donors (Lipinski definition) is 2. The molecule has 0 atom stereocenters. The minimum Gasteiger partial charge on any atom is -0.491 e. The molecular formula is C19H24N2O3. The lowest BCUT2D eigenvalue weighted by Crippen LogP contribution is -2.21. The van der Waals surface area contributed by atoms with Gasteiger partial charge in [0.25, 0.3) is 0 Å². The van der Waals surface area contributed by atoms with Crippen LogP contribution in [-0.4, -0.2) is 32.8 Å². The van der Waals surface area contributed by atoms with Crippen molar-refractivity contribution in [1.82, 2.24) is 0 Å². The fourth-order valence-corrected chi connectivity index (χ4v) is 2.12. The number of methoxy groups -OCH3 is 1. The van der Waals surface area contributed by atoms with E-state index < -0.39 is 0 Å². The number of hydrogen-bond acceptors (Lipinski definition) is 4. The summed E-state index contributed by atoms with van der Waals surface area (Å²) in [6.45, 7) is 5.38. The molecule has 0 aliphatic heterocycles. The summed E-state index contributed by atoms with van der Waals surface area (Å²) in [7, 11) is 1.63. The molecule has 24 heavy (non-hydrogen) atoms. The van der Waals surface area contributed by atoms with Gasteiger partial charge in [0, 0.05) is 18.5 Å². The van der Waals surface area contributed by atoms with Crippen molar-refractivity contribution in [1.29, 1.82) is 0 Å². The van der Waals surface area contributed by atoms with Gasteiger partial charge in [0.1, 0.15) is 12.4 Å². The largest absolute Gasteiger partial charge is 0.491 e. The zero-order valence-electron chi connectivity index (χ0n) is 14.4. The van der Waals surface area contributed by atoms with Crippen LogP contribution in [-0.2, 0) is 9.53 Å². The van der Waals surface area contributed by atoms with E-state index in [-0.39, 0.29) is 12.5 Å². The van der Waals surface area contributed by atoms with Gasteiger partial charge in [-0.1, -0.05) is 6.07 Å². The van der Waals surface area contributed by atoms with E-state index in [9.17, 15) is 4.79 Å². The maximum atomic E-state index is 12.0. The topological polar surface area (TPSA) is 59.6 Å². The maximum absolute atomic E-state index is 12.0. The van der Waals surface area contributed by atoms with Crippen molar-refractivity contribution in [3.63, 3.8) is 0 Å². The molecule has 0 saturated carbocycles. The summed E-state index contributed by atoms with van der Waals surface area (Å²) < 4.78 is 10.4. The molecule has 0 fully saturated rings. The van der Waals surface area contributed by atoms with E-state index in [4.69, 9.17) is 9.47 Å². The summed E-state index contributed by atoms with van der Waals surface area (Å²) >= 11 is 0. The molecule has 0 heterocycles. The van der Waals surface area contributed by atoms with Crippen LogP contribution < -0.4 is 15.4 Å². The second-order valence-electron chi connectivity index (χ2n) is 5.57. The number of ether oxygens (including phenoxy) is 2. The molecule has 5 nitrogen and oxygen atoms in total. The molecule has 0 radical (unpaired) electrons. The van der Waals surface area contributed by atoms with Crippen molar-refractivity contribution < 1.29 is 14.3 Å². The first-order chi connectivity index (χ1) is 11.6. The number of anilines is 2. The van der Waals surface area contributed by atoms with Crippen molar-refractivity contribution in [2.24, 2.45) is 0 Å². The van der Waals surface area contributed by atoms with Crippen molar-refractivity contribution in [2.45, 2.75) is 13.8 Å². The summed E-state index contributed by atoms with van der Waals surface area (Å²) in [4.78, 5) is 12.0. The average molecular weight is 328 g/mol. The third-order valence-electron chi connectivity index (χ3n) is 3.65. The third-order valence-corrected chi connectivity index (χ3v) is 3.65. The van der Waals surface area contributed by atoms with Gasteiger partial charge < -0.3 is 20.1 Å². The van der Waals surface area contributed by atoms with E-state index in [1.807, 2.05) is 42.5 Å². The highest BCUT2D eigenvalue weighted by Gasteiger charge is 2.03. The van der Waals surface area contributed by atoms with Crippen molar-refractivity contribution >= 4 is 17.3 Å². The summed E-state index contributed by atoms with van der Waals surface area (Å²) in [5.41, 5.74) is 4.11. The monoisotopic (exact) mass is 328 g/mol. The summed E-state index contributed by atoms with van der Waals surface area (Å²) in [5.74, 6) is 0.652. The smallest absolute Gasteiger partial charge is 0.243 e. The molecule has 0 aliphatic carbocycles. The third kappa shape index (κ3) is 5.59. The summed E-state index contributed by atoms with van der Waals surface area (Å²) in [5, 5.41) is 5.98. The Morgan fingerprint density at radius 1 is 0.958 bits per heavy atom. The fourth-order valence-electron chi connectivity index (χ4n) is 2.12. The number of carbonyl (C=O) groups is 1. The van der Waals surface area contributed by atoms with E-state index in [1.165, 1.54) is 11.1 Å². The van der Waals surface area contributed by atoms with E-state index >= 15 is 0 Å². The van der Waals surface area contributed by atoms with Crippen LogP contribution in [0.15, 0.2) is 42.5 Å². The molecule has 0 bridgehead atoms. The quantitative estimate of drug-likeness (QED) is 0.729. The summed E-state index contributed by atoms with van der Waals surface area (Å²) in [6.07, 6.45) is 0. The lowest BCUT2D eigenvalue weighted by atomic mass is 10.1. The standard InChI is InChI=1S/C19H24N2O3/c1-14-4-5-17(12-15(14)2)20-13-19(22)21-16-6-8-18(9-7-16)24-11-10-23-3/h4-9,12,20H,10-11,13H2,1-3H3,(H,21,22).